The van der Waals surface area contributed by atoms with Crippen LogP contribution in [-0.2, 0) is 4.79 Å². The molecule has 0 aliphatic rings. The van der Waals surface area contributed by atoms with Crippen LogP contribution >= 0.6 is 0 Å². The van der Waals surface area contributed by atoms with Crippen LogP contribution in [0, 0.1) is 11.8 Å². The quantitative estimate of drug-likeness (QED) is 0.720. The highest BCUT2D eigenvalue weighted by molar-refractivity contribution is 6.05. The molecule has 5 nitrogen and oxygen atoms in total. The average molecular weight is 331 g/mol. The number of imidazole rings is 1. The van der Waals surface area contributed by atoms with Crippen molar-refractivity contribution >= 4 is 11.6 Å². The summed E-state index contributed by atoms with van der Waals surface area (Å²) in [5.41, 5.74) is 2.19. The normalized spacial score (nSPS) is 9.80. The molecular weight excluding hydrogens is 314 g/mol. The van der Waals surface area contributed by atoms with Crippen LogP contribution in [0.1, 0.15) is 12.5 Å². The number of rotatable bonds is 4. The van der Waals surface area contributed by atoms with Crippen LogP contribution in [-0.4, -0.2) is 22.5 Å². The highest BCUT2D eigenvalue weighted by Gasteiger charge is 2.10. The van der Waals surface area contributed by atoms with Crippen molar-refractivity contribution in [2.24, 2.45) is 0 Å². The summed E-state index contributed by atoms with van der Waals surface area (Å²) in [6.45, 7) is 2.39. The van der Waals surface area contributed by atoms with E-state index in [1.54, 1.807) is 12.4 Å². The minimum Gasteiger partial charge on any atom is -0.492 e. The number of carbonyl (C=O) groups is 1. The zero-order valence-electron chi connectivity index (χ0n) is 13.7. The van der Waals surface area contributed by atoms with Gasteiger partial charge in [0.2, 0.25) is 0 Å². The molecule has 0 saturated heterocycles. The van der Waals surface area contributed by atoms with Gasteiger partial charge >= 0.3 is 5.91 Å². The highest BCUT2D eigenvalue weighted by Crippen LogP contribution is 2.29. The Kier molecular flexibility index (Phi) is 5.13. The molecule has 2 aromatic carbocycles. The van der Waals surface area contributed by atoms with Crippen molar-refractivity contribution in [2.45, 2.75) is 6.92 Å². The minimum atomic E-state index is -0.401. The smallest absolute Gasteiger partial charge is 0.300 e. The van der Waals surface area contributed by atoms with Crippen molar-refractivity contribution in [3.8, 4) is 29.0 Å². The van der Waals surface area contributed by atoms with Gasteiger partial charge in [0.05, 0.1) is 12.3 Å². The van der Waals surface area contributed by atoms with E-state index in [0.717, 1.165) is 11.1 Å². The molecule has 1 amide bonds. The van der Waals surface area contributed by atoms with Crippen LogP contribution in [0.25, 0.3) is 11.4 Å². The number of carbonyl (C=O) groups excluding carboxylic acids is 1. The van der Waals surface area contributed by atoms with Crippen LogP contribution < -0.4 is 10.1 Å². The molecule has 1 heterocycles. The number of hydrogen-bond acceptors (Lipinski definition) is 3. The summed E-state index contributed by atoms with van der Waals surface area (Å²) < 4.78 is 5.58. The number of hydrogen-bond donors (Lipinski definition) is 2. The van der Waals surface area contributed by atoms with E-state index >= 15 is 0 Å². The van der Waals surface area contributed by atoms with Crippen LogP contribution in [0.3, 0.4) is 0 Å². The monoisotopic (exact) mass is 331 g/mol. The summed E-state index contributed by atoms with van der Waals surface area (Å²) in [5, 5.41) is 2.79. The molecule has 3 aromatic rings. The van der Waals surface area contributed by atoms with E-state index in [2.05, 4.69) is 27.1 Å². The second-order valence-electron chi connectivity index (χ2n) is 5.15. The third-order valence-electron chi connectivity index (χ3n) is 3.39. The molecule has 0 spiro atoms. The Bertz CT molecular complexity index is 907. The summed E-state index contributed by atoms with van der Waals surface area (Å²) in [6, 6.07) is 14.9. The summed E-state index contributed by atoms with van der Waals surface area (Å²) in [5.74, 6) is 6.33. The van der Waals surface area contributed by atoms with Gasteiger partial charge in [0.25, 0.3) is 0 Å². The number of nitrogens with zero attached hydrogens (tertiary/aromatic N) is 1. The topological polar surface area (TPSA) is 67.0 Å². The molecule has 0 aliphatic carbocycles. The maximum atomic E-state index is 12.2. The van der Waals surface area contributed by atoms with Gasteiger partial charge in [0.15, 0.2) is 0 Å². The molecule has 0 fully saturated rings. The van der Waals surface area contributed by atoms with Crippen LogP contribution in [0.15, 0.2) is 60.9 Å². The van der Waals surface area contributed by atoms with E-state index in [9.17, 15) is 4.79 Å². The zero-order valence-corrected chi connectivity index (χ0v) is 13.7. The summed E-state index contributed by atoms with van der Waals surface area (Å²) >= 11 is 0. The molecule has 5 heteroatoms. The number of amides is 1. The Hall–Kier alpha value is -3.52. The van der Waals surface area contributed by atoms with Crippen LogP contribution in [0.5, 0.6) is 5.75 Å². The zero-order chi connectivity index (χ0) is 17.5. The first-order valence-electron chi connectivity index (χ1n) is 7.91. The summed E-state index contributed by atoms with van der Waals surface area (Å²) in [6.07, 6.45) is 3.42. The summed E-state index contributed by atoms with van der Waals surface area (Å²) in [4.78, 5) is 19.4. The third kappa shape index (κ3) is 4.27. The van der Waals surface area contributed by atoms with E-state index in [1.165, 1.54) is 0 Å². The molecule has 0 unspecified atom stereocenters. The molecular formula is C20H17N3O2. The Morgan fingerprint density at radius 2 is 2.08 bits per heavy atom. The Morgan fingerprint density at radius 3 is 2.80 bits per heavy atom. The number of nitrogens with one attached hydrogen (secondary N) is 2. The van der Waals surface area contributed by atoms with E-state index < -0.39 is 5.91 Å². The average Bonchev–Trinajstić information content (AvgIpc) is 3.17. The molecule has 0 atom stereocenters. The number of benzene rings is 2. The van der Waals surface area contributed by atoms with Gasteiger partial charge in [0.1, 0.15) is 11.6 Å². The largest absolute Gasteiger partial charge is 0.492 e. The lowest BCUT2D eigenvalue weighted by molar-refractivity contribution is -0.111. The van der Waals surface area contributed by atoms with E-state index in [0.29, 0.717) is 23.9 Å². The third-order valence-corrected chi connectivity index (χ3v) is 3.39. The SMILES string of the molecule is CCOc1ccc(-c2ncc[nH]2)cc1NC(=O)C#Cc1ccccc1. The second-order valence-corrected chi connectivity index (χ2v) is 5.15. The Labute approximate surface area is 146 Å². The number of aromatic amines is 1. The van der Waals surface area contributed by atoms with Crippen molar-refractivity contribution in [3.63, 3.8) is 0 Å². The van der Waals surface area contributed by atoms with E-state index in [-0.39, 0.29) is 0 Å². The van der Waals surface area contributed by atoms with Gasteiger partial charge in [-0.25, -0.2) is 4.98 Å². The Balaban J connectivity index is 1.83. The van der Waals surface area contributed by atoms with Gasteiger partial charge in [-0.1, -0.05) is 24.1 Å². The predicted octanol–water partition coefficient (Wildman–Crippen LogP) is 3.47. The molecule has 124 valence electrons. The van der Waals surface area contributed by atoms with Gasteiger partial charge in [-0.15, -0.1) is 0 Å². The maximum Gasteiger partial charge on any atom is 0.300 e. The van der Waals surface area contributed by atoms with Crippen molar-refractivity contribution in [1.29, 1.82) is 0 Å². The lowest BCUT2D eigenvalue weighted by atomic mass is 10.1. The molecule has 0 saturated carbocycles. The molecule has 0 aliphatic heterocycles. The van der Waals surface area contributed by atoms with Crippen molar-refractivity contribution < 1.29 is 9.53 Å². The van der Waals surface area contributed by atoms with Crippen molar-refractivity contribution in [1.82, 2.24) is 9.97 Å². The van der Waals surface area contributed by atoms with Gasteiger partial charge < -0.3 is 15.0 Å². The molecule has 3 rings (SSSR count). The van der Waals surface area contributed by atoms with Gasteiger partial charge in [0, 0.05) is 29.4 Å². The lowest BCUT2D eigenvalue weighted by Crippen LogP contribution is -2.10. The van der Waals surface area contributed by atoms with Gasteiger partial charge in [-0.2, -0.15) is 0 Å². The molecule has 25 heavy (non-hydrogen) atoms. The van der Waals surface area contributed by atoms with Gasteiger partial charge in [-0.05, 0) is 37.3 Å². The number of anilines is 1. The van der Waals surface area contributed by atoms with Crippen LogP contribution in [0.2, 0.25) is 0 Å². The first-order chi connectivity index (χ1) is 12.3. The fraction of sp³-hybridized carbons (Fsp3) is 0.100. The molecule has 2 N–H and O–H groups in total. The molecule has 0 bridgehead atoms. The number of H-pyrrole nitrogens is 1. The highest BCUT2D eigenvalue weighted by atomic mass is 16.5. The summed E-state index contributed by atoms with van der Waals surface area (Å²) in [7, 11) is 0. The molecule has 1 aromatic heterocycles. The Morgan fingerprint density at radius 1 is 1.24 bits per heavy atom. The maximum absolute atomic E-state index is 12.2. The van der Waals surface area contributed by atoms with Gasteiger partial charge in [-0.3, -0.25) is 4.79 Å². The standard InChI is InChI=1S/C20H17N3O2/c1-2-25-18-10-9-16(20-21-12-13-22-20)14-17(18)23-19(24)11-8-15-6-4-3-5-7-15/h3-7,9-10,12-14H,2H2,1H3,(H,21,22)(H,23,24). The molecule has 0 radical (unpaired) electrons. The number of aromatic nitrogens is 2. The predicted molar refractivity (Wildman–Crippen MR) is 97.1 cm³/mol. The number of ether oxygens (including phenoxy) is 1. The van der Waals surface area contributed by atoms with Crippen LogP contribution in [0.4, 0.5) is 5.69 Å². The fourth-order valence-corrected chi connectivity index (χ4v) is 2.28. The lowest BCUT2D eigenvalue weighted by Gasteiger charge is -2.11. The van der Waals surface area contributed by atoms with E-state index in [1.807, 2.05) is 55.5 Å². The first-order valence-corrected chi connectivity index (χ1v) is 7.91. The van der Waals surface area contributed by atoms with Crippen molar-refractivity contribution in [3.05, 3.63) is 66.5 Å². The van der Waals surface area contributed by atoms with E-state index in [4.69, 9.17) is 4.74 Å². The fourth-order valence-electron chi connectivity index (χ4n) is 2.28. The first kappa shape index (κ1) is 16.3. The second kappa shape index (κ2) is 7.84. The minimum absolute atomic E-state index is 0.401. The van der Waals surface area contributed by atoms with Crippen molar-refractivity contribution in [2.75, 3.05) is 11.9 Å².